The van der Waals surface area contributed by atoms with Gasteiger partial charge in [0.1, 0.15) is 24.0 Å². The van der Waals surface area contributed by atoms with Gasteiger partial charge in [0.25, 0.3) is 0 Å². The summed E-state index contributed by atoms with van der Waals surface area (Å²) < 4.78 is 6.33. The van der Waals surface area contributed by atoms with Gasteiger partial charge in [-0.05, 0) is 40.3 Å². The van der Waals surface area contributed by atoms with Gasteiger partial charge in [0.15, 0.2) is 0 Å². The molecule has 0 aliphatic carbocycles. The lowest BCUT2D eigenvalue weighted by Gasteiger charge is -2.23. The van der Waals surface area contributed by atoms with Crippen molar-refractivity contribution < 1.29 is 4.74 Å². The number of nitrogens with one attached hydrogen (secondary N) is 2. The third-order valence-corrected chi connectivity index (χ3v) is 6.64. The fourth-order valence-corrected chi connectivity index (χ4v) is 4.68. The van der Waals surface area contributed by atoms with Crippen LogP contribution in [0.2, 0.25) is 0 Å². The van der Waals surface area contributed by atoms with E-state index in [1.807, 2.05) is 12.4 Å². The van der Waals surface area contributed by atoms with Crippen LogP contribution in [-0.2, 0) is 6.61 Å². The topological polar surface area (TPSA) is 66.6 Å². The third-order valence-electron chi connectivity index (χ3n) is 6.64. The van der Waals surface area contributed by atoms with Gasteiger partial charge in [-0.3, -0.25) is 0 Å². The lowest BCUT2D eigenvalue weighted by Crippen LogP contribution is -2.06. The van der Waals surface area contributed by atoms with Crippen LogP contribution in [-0.4, -0.2) is 19.9 Å². The zero-order valence-corrected chi connectivity index (χ0v) is 19.9. The van der Waals surface area contributed by atoms with E-state index in [-0.39, 0.29) is 0 Å². The van der Waals surface area contributed by atoms with E-state index in [9.17, 15) is 0 Å². The van der Waals surface area contributed by atoms with Crippen molar-refractivity contribution in [3.63, 3.8) is 0 Å². The third kappa shape index (κ3) is 3.39. The van der Waals surface area contributed by atoms with Gasteiger partial charge in [-0.1, -0.05) is 58.0 Å². The molecule has 1 aliphatic rings. The minimum atomic E-state index is 0.376. The number of ether oxygens (including phenoxy) is 1. The van der Waals surface area contributed by atoms with E-state index in [4.69, 9.17) is 4.74 Å². The number of hydrogen-bond acceptors (Lipinski definition) is 3. The van der Waals surface area contributed by atoms with Crippen LogP contribution in [0.25, 0.3) is 44.4 Å². The molecule has 2 aromatic heterocycles. The van der Waals surface area contributed by atoms with Crippen LogP contribution in [0.4, 0.5) is 0 Å². The van der Waals surface area contributed by atoms with Gasteiger partial charge in [-0.25, -0.2) is 9.97 Å². The Hall–Kier alpha value is -3.86. The SMILES string of the molecule is CC(C)c1ncc(-c2ccc3c(c2)COc2c-3ccc3cc(-c4cnc(C(C)C)[nH]4)ccc23)[nH]1. The second kappa shape index (κ2) is 7.87. The number of rotatable bonds is 4. The number of aromatic amines is 2. The lowest BCUT2D eigenvalue weighted by atomic mass is 9.92. The summed E-state index contributed by atoms with van der Waals surface area (Å²) in [5.74, 6) is 3.73. The number of benzene rings is 3. The first-order valence-corrected chi connectivity index (χ1v) is 11.9. The molecule has 0 atom stereocenters. The molecular formula is C29H28N4O. The van der Waals surface area contributed by atoms with Crippen molar-refractivity contribution in [3.05, 3.63) is 78.1 Å². The molecule has 0 saturated heterocycles. The maximum atomic E-state index is 6.33. The predicted molar refractivity (Wildman–Crippen MR) is 137 cm³/mol. The molecule has 0 fully saturated rings. The molecule has 3 aromatic carbocycles. The van der Waals surface area contributed by atoms with E-state index in [2.05, 4.69) is 96.2 Å². The molecule has 6 rings (SSSR count). The van der Waals surface area contributed by atoms with Gasteiger partial charge in [0.2, 0.25) is 0 Å². The van der Waals surface area contributed by atoms with Crippen molar-refractivity contribution >= 4 is 10.8 Å². The highest BCUT2D eigenvalue weighted by Gasteiger charge is 2.21. The Morgan fingerprint density at radius 3 is 2.00 bits per heavy atom. The highest BCUT2D eigenvalue weighted by atomic mass is 16.5. The summed E-state index contributed by atoms with van der Waals surface area (Å²) in [5.41, 5.74) is 7.92. The first-order chi connectivity index (χ1) is 16.5. The van der Waals surface area contributed by atoms with E-state index in [1.54, 1.807) is 0 Å². The summed E-state index contributed by atoms with van der Waals surface area (Å²) >= 11 is 0. The molecule has 0 unspecified atom stereocenters. The zero-order valence-electron chi connectivity index (χ0n) is 19.9. The van der Waals surface area contributed by atoms with Gasteiger partial charge in [-0.15, -0.1) is 0 Å². The van der Waals surface area contributed by atoms with Crippen molar-refractivity contribution in [2.45, 2.75) is 46.1 Å². The Morgan fingerprint density at radius 1 is 0.735 bits per heavy atom. The molecule has 170 valence electrons. The molecule has 3 heterocycles. The van der Waals surface area contributed by atoms with Crippen LogP contribution >= 0.6 is 0 Å². The molecule has 0 radical (unpaired) electrons. The number of hydrogen-bond donors (Lipinski definition) is 2. The maximum absolute atomic E-state index is 6.33. The number of aromatic nitrogens is 4. The van der Waals surface area contributed by atoms with E-state index < -0.39 is 0 Å². The number of H-pyrrole nitrogens is 2. The Labute approximate surface area is 199 Å². The zero-order chi connectivity index (χ0) is 23.4. The summed E-state index contributed by atoms with van der Waals surface area (Å²) in [7, 11) is 0. The van der Waals surface area contributed by atoms with Crippen molar-refractivity contribution in [2.75, 3.05) is 0 Å². The number of fused-ring (bicyclic) bond motifs is 5. The molecule has 2 N–H and O–H groups in total. The van der Waals surface area contributed by atoms with E-state index in [1.165, 1.54) is 11.1 Å². The van der Waals surface area contributed by atoms with E-state index in [0.717, 1.165) is 56.2 Å². The predicted octanol–water partition coefficient (Wildman–Crippen LogP) is 7.43. The average Bonchev–Trinajstić information content (AvgIpc) is 3.53. The van der Waals surface area contributed by atoms with Crippen molar-refractivity contribution in [1.29, 1.82) is 0 Å². The van der Waals surface area contributed by atoms with Crippen molar-refractivity contribution in [1.82, 2.24) is 19.9 Å². The smallest absolute Gasteiger partial charge is 0.135 e. The molecule has 5 aromatic rings. The monoisotopic (exact) mass is 448 g/mol. The molecule has 5 heteroatoms. The minimum absolute atomic E-state index is 0.376. The van der Waals surface area contributed by atoms with Crippen molar-refractivity contribution in [2.24, 2.45) is 0 Å². The maximum Gasteiger partial charge on any atom is 0.135 e. The summed E-state index contributed by atoms with van der Waals surface area (Å²) in [6, 6.07) is 17.5. The van der Waals surface area contributed by atoms with E-state index in [0.29, 0.717) is 18.4 Å². The molecule has 1 aliphatic heterocycles. The molecule has 0 saturated carbocycles. The summed E-state index contributed by atoms with van der Waals surface area (Å²) in [5, 5.41) is 2.30. The highest BCUT2D eigenvalue weighted by molar-refractivity contribution is 5.98. The molecule has 34 heavy (non-hydrogen) atoms. The minimum Gasteiger partial charge on any atom is -0.488 e. The molecule has 0 amide bonds. The van der Waals surface area contributed by atoms with Crippen LogP contribution in [0, 0.1) is 0 Å². The van der Waals surface area contributed by atoms with Crippen LogP contribution in [0.15, 0.2) is 60.9 Å². The number of nitrogens with zero attached hydrogens (tertiary/aromatic N) is 2. The summed E-state index contributed by atoms with van der Waals surface area (Å²) in [4.78, 5) is 15.9. The Kier molecular flexibility index (Phi) is 4.80. The van der Waals surface area contributed by atoms with Gasteiger partial charge in [0, 0.05) is 28.3 Å². The fraction of sp³-hybridized carbons (Fsp3) is 0.241. The summed E-state index contributed by atoms with van der Waals surface area (Å²) in [6.45, 7) is 9.13. The Morgan fingerprint density at radius 2 is 1.35 bits per heavy atom. The lowest BCUT2D eigenvalue weighted by molar-refractivity contribution is 0.306. The Bertz CT molecular complexity index is 1520. The Balaban J connectivity index is 1.37. The van der Waals surface area contributed by atoms with Gasteiger partial charge >= 0.3 is 0 Å². The largest absolute Gasteiger partial charge is 0.488 e. The van der Waals surface area contributed by atoms with Gasteiger partial charge in [-0.2, -0.15) is 0 Å². The quantitative estimate of drug-likeness (QED) is 0.300. The van der Waals surface area contributed by atoms with Crippen LogP contribution in [0.1, 0.15) is 56.7 Å². The van der Waals surface area contributed by atoms with E-state index >= 15 is 0 Å². The van der Waals surface area contributed by atoms with Gasteiger partial charge < -0.3 is 14.7 Å². The fourth-order valence-electron chi connectivity index (χ4n) is 4.68. The molecule has 0 bridgehead atoms. The van der Waals surface area contributed by atoms with Crippen LogP contribution < -0.4 is 4.74 Å². The second-order valence-corrected chi connectivity index (χ2v) is 9.71. The molecule has 5 nitrogen and oxygen atoms in total. The van der Waals surface area contributed by atoms with Crippen LogP contribution in [0.3, 0.4) is 0 Å². The molecular weight excluding hydrogens is 420 g/mol. The first-order valence-electron chi connectivity index (χ1n) is 11.9. The number of imidazole rings is 2. The highest BCUT2D eigenvalue weighted by Crippen LogP contribution is 2.43. The van der Waals surface area contributed by atoms with Crippen molar-refractivity contribution in [3.8, 4) is 39.4 Å². The average molecular weight is 449 g/mol. The summed E-state index contributed by atoms with van der Waals surface area (Å²) in [6.07, 6.45) is 3.84. The normalized spacial score (nSPS) is 12.8. The molecule has 0 spiro atoms. The first kappa shape index (κ1) is 20.7. The van der Waals surface area contributed by atoms with Gasteiger partial charge in [0.05, 0.1) is 23.8 Å². The standard InChI is InChI=1S/C29H28N4O/c1-16(2)28-30-13-25(32-28)19-7-9-23-18(11-19)5-10-24-22-8-6-20(12-21(22)15-34-27(23)24)26-14-31-29(33-26)17(3)4/h5-14,16-17H,15H2,1-4H3,(H,30,32)(H,31,33). The van der Waals surface area contributed by atoms with Crippen LogP contribution in [0.5, 0.6) is 5.75 Å². The second-order valence-electron chi connectivity index (χ2n) is 9.71.